The van der Waals surface area contributed by atoms with Crippen LogP contribution in [0.15, 0.2) is 23.6 Å². The van der Waals surface area contributed by atoms with E-state index in [2.05, 4.69) is 15.0 Å². The van der Waals surface area contributed by atoms with E-state index in [1.165, 1.54) is 0 Å². The van der Waals surface area contributed by atoms with E-state index in [1.807, 2.05) is 17.8 Å². The van der Waals surface area contributed by atoms with E-state index in [9.17, 15) is 4.39 Å². The Morgan fingerprint density at radius 2 is 2.27 bits per heavy atom. The van der Waals surface area contributed by atoms with Crippen LogP contribution in [-0.2, 0) is 12.6 Å². The molecule has 0 saturated heterocycles. The topological polar surface area (TPSA) is 66.6 Å². The number of fused-ring (bicyclic) bond motifs is 1. The van der Waals surface area contributed by atoms with Gasteiger partial charge < -0.3 is 4.57 Å². The maximum absolute atomic E-state index is 14.2. The van der Waals surface area contributed by atoms with Crippen molar-refractivity contribution in [2.45, 2.75) is 31.2 Å². The normalized spacial score (nSPS) is 18.3. The number of hydrogen-bond acceptors (Lipinski definition) is 2. The third-order valence-electron chi connectivity index (χ3n) is 4.77. The monoisotopic (exact) mass is 321 g/mol. The summed E-state index contributed by atoms with van der Waals surface area (Å²) in [6.07, 6.45) is 7.33. The first-order chi connectivity index (χ1) is 10.6. The standard InChI is InChI=1S/C15H17ClFN5/c1-22-8-12(11-6-14(16)19-7-13(11)22)15(9-17,20-21-18)10-4-2-3-5-10/h6-8,10H,2-5,9H2,1H3. The van der Waals surface area contributed by atoms with E-state index in [0.29, 0.717) is 10.7 Å². The largest absolute Gasteiger partial charge is 0.349 e. The van der Waals surface area contributed by atoms with Crippen molar-refractivity contribution in [2.75, 3.05) is 6.67 Å². The summed E-state index contributed by atoms with van der Waals surface area (Å²) in [4.78, 5) is 7.05. The summed E-state index contributed by atoms with van der Waals surface area (Å²) >= 11 is 6.01. The first-order valence-electron chi connectivity index (χ1n) is 7.35. The van der Waals surface area contributed by atoms with E-state index in [1.54, 1.807) is 12.3 Å². The Balaban J connectivity index is 2.28. The SMILES string of the molecule is Cn1cc(C(CF)(N=[N+]=[N-])C2CCCC2)c2cc(Cl)ncc21. The van der Waals surface area contributed by atoms with Crippen LogP contribution in [0.25, 0.3) is 21.3 Å². The van der Waals surface area contributed by atoms with Crippen molar-refractivity contribution in [3.8, 4) is 0 Å². The molecule has 2 heterocycles. The van der Waals surface area contributed by atoms with Crippen molar-refractivity contribution in [3.63, 3.8) is 0 Å². The maximum atomic E-state index is 14.2. The number of rotatable bonds is 4. The van der Waals surface area contributed by atoms with Crippen LogP contribution in [0.2, 0.25) is 5.15 Å². The molecule has 0 radical (unpaired) electrons. The van der Waals surface area contributed by atoms with Gasteiger partial charge in [0.25, 0.3) is 0 Å². The lowest BCUT2D eigenvalue weighted by Crippen LogP contribution is -2.33. The molecule has 116 valence electrons. The van der Waals surface area contributed by atoms with Crippen LogP contribution in [0, 0.1) is 5.92 Å². The summed E-state index contributed by atoms with van der Waals surface area (Å²) in [5.74, 6) is 0.0194. The molecule has 7 heteroatoms. The fourth-order valence-corrected chi connectivity index (χ4v) is 3.80. The van der Waals surface area contributed by atoms with Crippen molar-refractivity contribution in [1.29, 1.82) is 0 Å². The van der Waals surface area contributed by atoms with Crippen LogP contribution in [0.3, 0.4) is 0 Å². The number of aromatic nitrogens is 2. The highest BCUT2D eigenvalue weighted by Gasteiger charge is 2.43. The van der Waals surface area contributed by atoms with Crippen molar-refractivity contribution in [3.05, 3.63) is 39.6 Å². The van der Waals surface area contributed by atoms with Gasteiger partial charge in [0.1, 0.15) is 17.4 Å². The van der Waals surface area contributed by atoms with Crippen LogP contribution >= 0.6 is 11.6 Å². The van der Waals surface area contributed by atoms with Gasteiger partial charge in [-0.2, -0.15) is 0 Å². The number of aryl methyl sites for hydroxylation is 1. The molecule has 1 aliphatic carbocycles. The second-order valence-electron chi connectivity index (χ2n) is 5.91. The Hall–Kier alpha value is -1.78. The summed E-state index contributed by atoms with van der Waals surface area (Å²) < 4.78 is 16.0. The molecule has 1 unspecified atom stereocenters. The molecule has 1 saturated carbocycles. The Morgan fingerprint density at radius 1 is 1.55 bits per heavy atom. The molecule has 0 spiro atoms. The first-order valence-corrected chi connectivity index (χ1v) is 7.73. The second kappa shape index (κ2) is 5.78. The molecular weight excluding hydrogens is 305 g/mol. The highest BCUT2D eigenvalue weighted by Crippen LogP contribution is 2.46. The lowest BCUT2D eigenvalue weighted by molar-refractivity contribution is 0.214. The zero-order valence-electron chi connectivity index (χ0n) is 12.3. The van der Waals surface area contributed by atoms with Crippen molar-refractivity contribution in [2.24, 2.45) is 18.1 Å². The number of pyridine rings is 1. The quantitative estimate of drug-likeness (QED) is 0.342. The molecule has 0 bridgehead atoms. The molecule has 0 amide bonds. The number of nitrogens with zero attached hydrogens (tertiary/aromatic N) is 5. The molecule has 5 nitrogen and oxygen atoms in total. The summed E-state index contributed by atoms with van der Waals surface area (Å²) in [7, 11) is 1.87. The van der Waals surface area contributed by atoms with Crippen molar-refractivity contribution >= 4 is 22.5 Å². The van der Waals surface area contributed by atoms with Gasteiger partial charge in [0.2, 0.25) is 0 Å². The number of azide groups is 1. The lowest BCUT2D eigenvalue weighted by Gasteiger charge is -2.32. The lowest BCUT2D eigenvalue weighted by atomic mass is 9.78. The summed E-state index contributed by atoms with van der Waals surface area (Å²) in [6, 6.07) is 1.72. The summed E-state index contributed by atoms with van der Waals surface area (Å²) in [5, 5.41) is 5.10. The Morgan fingerprint density at radius 3 is 2.91 bits per heavy atom. The van der Waals surface area contributed by atoms with E-state index < -0.39 is 12.2 Å². The maximum Gasteiger partial charge on any atom is 0.129 e. The van der Waals surface area contributed by atoms with E-state index in [4.69, 9.17) is 17.1 Å². The second-order valence-corrected chi connectivity index (χ2v) is 6.29. The molecule has 22 heavy (non-hydrogen) atoms. The fourth-order valence-electron chi connectivity index (χ4n) is 3.64. The van der Waals surface area contributed by atoms with E-state index >= 15 is 0 Å². The van der Waals surface area contributed by atoms with Crippen LogP contribution in [0.1, 0.15) is 31.2 Å². The zero-order valence-corrected chi connectivity index (χ0v) is 13.1. The van der Waals surface area contributed by atoms with Gasteiger partial charge in [-0.05, 0) is 35.9 Å². The predicted octanol–water partition coefficient (Wildman–Crippen LogP) is 4.89. The van der Waals surface area contributed by atoms with Crippen LogP contribution in [0.5, 0.6) is 0 Å². The first kappa shape index (κ1) is 15.1. The summed E-state index contributed by atoms with van der Waals surface area (Å²) in [6.45, 7) is -0.708. The van der Waals surface area contributed by atoms with E-state index in [0.717, 1.165) is 36.6 Å². The third kappa shape index (κ3) is 2.23. The zero-order chi connectivity index (χ0) is 15.7. The molecule has 1 atom stereocenters. The fraction of sp³-hybridized carbons (Fsp3) is 0.533. The van der Waals surface area contributed by atoms with Crippen molar-refractivity contribution in [1.82, 2.24) is 9.55 Å². The Bertz CT molecular complexity index is 746. The number of hydrogen-bond donors (Lipinski definition) is 0. The molecule has 0 aromatic carbocycles. The molecule has 2 aromatic rings. The average molecular weight is 322 g/mol. The van der Waals surface area contributed by atoms with Crippen molar-refractivity contribution < 1.29 is 4.39 Å². The molecule has 1 aliphatic rings. The van der Waals surface area contributed by atoms with Gasteiger partial charge in [0.05, 0.1) is 11.7 Å². The van der Waals surface area contributed by atoms with Crippen LogP contribution in [0.4, 0.5) is 4.39 Å². The van der Waals surface area contributed by atoms with Crippen LogP contribution < -0.4 is 0 Å². The molecular formula is C15H17ClFN5. The van der Waals surface area contributed by atoms with Gasteiger partial charge in [-0.1, -0.05) is 29.6 Å². The smallest absolute Gasteiger partial charge is 0.129 e. The van der Waals surface area contributed by atoms with Gasteiger partial charge in [-0.25, -0.2) is 9.37 Å². The highest BCUT2D eigenvalue weighted by atomic mass is 35.5. The van der Waals surface area contributed by atoms with Gasteiger partial charge in [-0.3, -0.25) is 0 Å². The number of halogens is 2. The van der Waals surface area contributed by atoms with Gasteiger partial charge >= 0.3 is 0 Å². The van der Waals surface area contributed by atoms with E-state index in [-0.39, 0.29) is 5.92 Å². The Labute approximate surface area is 132 Å². The van der Waals surface area contributed by atoms with Gasteiger partial charge in [0.15, 0.2) is 0 Å². The molecule has 0 N–H and O–H groups in total. The molecule has 3 rings (SSSR count). The minimum Gasteiger partial charge on any atom is -0.349 e. The Kier molecular flexibility index (Phi) is 3.98. The molecule has 1 fully saturated rings. The minimum atomic E-state index is -1.16. The molecule has 0 aliphatic heterocycles. The average Bonchev–Trinajstić information content (AvgIpc) is 3.14. The minimum absolute atomic E-state index is 0.0194. The molecule has 2 aromatic heterocycles. The highest BCUT2D eigenvalue weighted by molar-refractivity contribution is 6.30. The summed E-state index contributed by atoms with van der Waals surface area (Å²) in [5.41, 5.74) is 9.44. The van der Waals surface area contributed by atoms with Gasteiger partial charge in [0, 0.05) is 23.5 Å². The number of alkyl halides is 1. The van der Waals surface area contributed by atoms with Gasteiger partial charge in [-0.15, -0.1) is 0 Å². The predicted molar refractivity (Wildman–Crippen MR) is 84.5 cm³/mol. The van der Waals surface area contributed by atoms with Crippen LogP contribution in [-0.4, -0.2) is 16.2 Å². The third-order valence-corrected chi connectivity index (χ3v) is 4.97.